The van der Waals surface area contributed by atoms with Gasteiger partial charge < -0.3 is 4.42 Å². The Hall–Kier alpha value is -1.61. The van der Waals surface area contributed by atoms with Gasteiger partial charge in [-0.05, 0) is 17.7 Å². The minimum atomic E-state index is 0.318. The maximum atomic E-state index is 10.4. The summed E-state index contributed by atoms with van der Waals surface area (Å²) in [6.45, 7) is 0. The molecule has 3 nitrogen and oxygen atoms in total. The Bertz CT molecular complexity index is 462. The van der Waals surface area contributed by atoms with E-state index in [0.717, 1.165) is 5.56 Å². The lowest BCUT2D eigenvalue weighted by Gasteiger charge is -1.96. The standard InChI is InChI=1S/C11H8ClNO2/c12-9-3-1-8(2-4-9)5-11-13-10(6-14)7-15-11/h1-4,6-7H,5H2. The summed E-state index contributed by atoms with van der Waals surface area (Å²) in [5.41, 5.74) is 1.36. The molecule has 0 spiro atoms. The third-order valence-electron chi connectivity index (χ3n) is 1.96. The molecule has 76 valence electrons. The third kappa shape index (κ3) is 2.44. The lowest BCUT2D eigenvalue weighted by atomic mass is 10.1. The molecule has 1 aromatic carbocycles. The van der Waals surface area contributed by atoms with Gasteiger partial charge >= 0.3 is 0 Å². The van der Waals surface area contributed by atoms with Crippen LogP contribution in [0.4, 0.5) is 0 Å². The van der Waals surface area contributed by atoms with E-state index in [9.17, 15) is 4.79 Å². The maximum absolute atomic E-state index is 10.4. The molecular formula is C11H8ClNO2. The predicted molar refractivity (Wildman–Crippen MR) is 56.1 cm³/mol. The topological polar surface area (TPSA) is 43.1 Å². The van der Waals surface area contributed by atoms with Gasteiger partial charge in [-0.15, -0.1) is 0 Å². The van der Waals surface area contributed by atoms with Crippen LogP contribution in [-0.2, 0) is 6.42 Å². The lowest BCUT2D eigenvalue weighted by Crippen LogP contribution is -1.88. The van der Waals surface area contributed by atoms with E-state index in [1.807, 2.05) is 12.1 Å². The van der Waals surface area contributed by atoms with E-state index >= 15 is 0 Å². The SMILES string of the molecule is O=Cc1coc(Cc2ccc(Cl)cc2)n1. The number of hydrogen-bond donors (Lipinski definition) is 0. The Morgan fingerprint density at radius 3 is 2.67 bits per heavy atom. The Balaban J connectivity index is 2.14. The van der Waals surface area contributed by atoms with Crippen LogP contribution < -0.4 is 0 Å². The second-order valence-corrected chi connectivity index (χ2v) is 3.52. The van der Waals surface area contributed by atoms with Crippen LogP contribution in [0.1, 0.15) is 21.9 Å². The Morgan fingerprint density at radius 1 is 1.33 bits per heavy atom. The molecule has 15 heavy (non-hydrogen) atoms. The first kappa shape index (κ1) is 9.93. The summed E-state index contributed by atoms with van der Waals surface area (Å²) in [5, 5.41) is 0.694. The molecule has 0 N–H and O–H groups in total. The van der Waals surface area contributed by atoms with E-state index in [1.54, 1.807) is 12.1 Å². The van der Waals surface area contributed by atoms with Crippen molar-refractivity contribution in [3.05, 3.63) is 52.7 Å². The molecular weight excluding hydrogens is 214 g/mol. The van der Waals surface area contributed by atoms with Crippen molar-refractivity contribution in [2.75, 3.05) is 0 Å². The van der Waals surface area contributed by atoms with Crippen LogP contribution in [0.5, 0.6) is 0 Å². The average molecular weight is 222 g/mol. The fraction of sp³-hybridized carbons (Fsp3) is 0.0909. The van der Waals surface area contributed by atoms with Gasteiger partial charge in [0.1, 0.15) is 12.0 Å². The number of hydrogen-bond acceptors (Lipinski definition) is 3. The highest BCUT2D eigenvalue weighted by atomic mass is 35.5. The number of aromatic nitrogens is 1. The number of carbonyl (C=O) groups excluding carboxylic acids is 1. The number of carbonyl (C=O) groups is 1. The summed E-state index contributed by atoms with van der Waals surface area (Å²) in [6.07, 6.45) is 2.57. The van der Waals surface area contributed by atoms with Crippen molar-refractivity contribution in [3.63, 3.8) is 0 Å². The first-order chi connectivity index (χ1) is 7.28. The Morgan fingerprint density at radius 2 is 2.07 bits per heavy atom. The third-order valence-corrected chi connectivity index (χ3v) is 2.21. The molecule has 2 aromatic rings. The second-order valence-electron chi connectivity index (χ2n) is 3.09. The highest BCUT2D eigenvalue weighted by molar-refractivity contribution is 6.30. The Kier molecular flexibility index (Phi) is 2.83. The summed E-state index contributed by atoms with van der Waals surface area (Å²) in [4.78, 5) is 14.4. The van der Waals surface area contributed by atoms with Crippen LogP contribution in [0, 0.1) is 0 Å². The quantitative estimate of drug-likeness (QED) is 0.749. The molecule has 0 amide bonds. The van der Waals surface area contributed by atoms with Crippen LogP contribution >= 0.6 is 11.6 Å². The predicted octanol–water partition coefficient (Wildman–Crippen LogP) is 2.73. The van der Waals surface area contributed by atoms with Gasteiger partial charge in [0.25, 0.3) is 0 Å². The molecule has 1 aromatic heterocycles. The zero-order valence-electron chi connectivity index (χ0n) is 7.81. The summed E-state index contributed by atoms with van der Waals surface area (Å²) in [6, 6.07) is 7.40. The minimum absolute atomic E-state index is 0.318. The summed E-state index contributed by atoms with van der Waals surface area (Å²) < 4.78 is 5.11. The van der Waals surface area contributed by atoms with Gasteiger partial charge in [0.05, 0.1) is 0 Å². The molecule has 0 aliphatic heterocycles. The molecule has 0 aliphatic carbocycles. The average Bonchev–Trinajstić information content (AvgIpc) is 2.69. The zero-order chi connectivity index (χ0) is 10.7. The van der Waals surface area contributed by atoms with E-state index < -0.39 is 0 Å². The van der Waals surface area contributed by atoms with Gasteiger partial charge in [-0.1, -0.05) is 23.7 Å². The normalized spacial score (nSPS) is 10.2. The van der Waals surface area contributed by atoms with Gasteiger partial charge in [-0.25, -0.2) is 4.98 Å². The maximum Gasteiger partial charge on any atom is 0.199 e. The fourth-order valence-electron chi connectivity index (χ4n) is 1.24. The van der Waals surface area contributed by atoms with Gasteiger partial charge in [0.2, 0.25) is 0 Å². The first-order valence-electron chi connectivity index (χ1n) is 4.42. The molecule has 4 heteroatoms. The van der Waals surface area contributed by atoms with Crippen LogP contribution in [0.25, 0.3) is 0 Å². The molecule has 0 atom stereocenters. The van der Waals surface area contributed by atoms with Crippen molar-refractivity contribution in [3.8, 4) is 0 Å². The van der Waals surface area contributed by atoms with E-state index in [2.05, 4.69) is 4.98 Å². The van der Waals surface area contributed by atoms with Crippen LogP contribution in [0.3, 0.4) is 0 Å². The number of aldehydes is 1. The minimum Gasteiger partial charge on any atom is -0.448 e. The number of nitrogens with zero attached hydrogens (tertiary/aromatic N) is 1. The van der Waals surface area contributed by atoms with Crippen molar-refractivity contribution in [2.45, 2.75) is 6.42 Å². The molecule has 1 heterocycles. The highest BCUT2D eigenvalue weighted by Gasteiger charge is 2.03. The van der Waals surface area contributed by atoms with Crippen molar-refractivity contribution in [1.82, 2.24) is 4.98 Å². The molecule has 0 saturated heterocycles. The zero-order valence-corrected chi connectivity index (χ0v) is 8.57. The number of halogens is 1. The molecule has 0 radical (unpaired) electrons. The number of rotatable bonds is 3. The number of benzene rings is 1. The van der Waals surface area contributed by atoms with Crippen molar-refractivity contribution in [2.24, 2.45) is 0 Å². The largest absolute Gasteiger partial charge is 0.448 e. The Labute approximate surface area is 91.7 Å². The molecule has 2 rings (SSSR count). The molecule has 0 bridgehead atoms. The fourth-order valence-corrected chi connectivity index (χ4v) is 1.36. The summed E-state index contributed by atoms with van der Waals surface area (Å²) in [7, 11) is 0. The van der Waals surface area contributed by atoms with E-state index in [0.29, 0.717) is 29.3 Å². The van der Waals surface area contributed by atoms with Crippen molar-refractivity contribution < 1.29 is 9.21 Å². The van der Waals surface area contributed by atoms with E-state index in [1.165, 1.54) is 6.26 Å². The van der Waals surface area contributed by atoms with E-state index in [-0.39, 0.29) is 0 Å². The number of oxazole rings is 1. The van der Waals surface area contributed by atoms with Gasteiger partial charge in [-0.2, -0.15) is 0 Å². The van der Waals surface area contributed by atoms with Crippen molar-refractivity contribution >= 4 is 17.9 Å². The van der Waals surface area contributed by atoms with Gasteiger partial charge in [0, 0.05) is 11.4 Å². The molecule has 0 fully saturated rings. The lowest BCUT2D eigenvalue weighted by molar-refractivity contribution is 0.111. The van der Waals surface area contributed by atoms with Crippen LogP contribution in [0.2, 0.25) is 5.02 Å². The van der Waals surface area contributed by atoms with Crippen LogP contribution in [-0.4, -0.2) is 11.3 Å². The smallest absolute Gasteiger partial charge is 0.199 e. The van der Waals surface area contributed by atoms with Gasteiger partial charge in [0.15, 0.2) is 12.2 Å². The summed E-state index contributed by atoms with van der Waals surface area (Å²) in [5.74, 6) is 0.527. The van der Waals surface area contributed by atoms with Gasteiger partial charge in [-0.3, -0.25) is 4.79 Å². The van der Waals surface area contributed by atoms with Crippen LogP contribution in [0.15, 0.2) is 34.9 Å². The molecule has 0 saturated carbocycles. The first-order valence-corrected chi connectivity index (χ1v) is 4.80. The monoisotopic (exact) mass is 221 g/mol. The van der Waals surface area contributed by atoms with Crippen molar-refractivity contribution in [1.29, 1.82) is 0 Å². The molecule has 0 aliphatic rings. The second kappa shape index (κ2) is 4.28. The van der Waals surface area contributed by atoms with E-state index in [4.69, 9.17) is 16.0 Å². The highest BCUT2D eigenvalue weighted by Crippen LogP contribution is 2.13. The summed E-state index contributed by atoms with van der Waals surface area (Å²) >= 11 is 5.76. The molecule has 0 unspecified atom stereocenters.